The Balaban J connectivity index is 2.11. The van der Waals surface area contributed by atoms with Gasteiger partial charge in [0.1, 0.15) is 17.3 Å². The second-order valence-corrected chi connectivity index (χ2v) is 5.78. The summed E-state index contributed by atoms with van der Waals surface area (Å²) in [6, 6.07) is 14.6. The first-order valence-electron chi connectivity index (χ1n) is 8.09. The van der Waals surface area contributed by atoms with Crippen LogP contribution in [0.15, 0.2) is 63.8 Å². The molecule has 1 unspecified atom stereocenters. The normalized spacial score (nSPS) is 11.7. The highest BCUT2D eigenvalue weighted by Gasteiger charge is 2.29. The summed E-state index contributed by atoms with van der Waals surface area (Å²) in [6.45, 7) is 0. The Morgan fingerprint density at radius 3 is 2.52 bits per heavy atom. The maximum absolute atomic E-state index is 12.3. The average Bonchev–Trinajstić information content (AvgIpc) is 2.67. The third kappa shape index (κ3) is 3.79. The third-order valence-electron chi connectivity index (χ3n) is 4.06. The Morgan fingerprint density at radius 1 is 1.19 bits per heavy atom. The molecule has 1 atom stereocenters. The molecule has 8 heteroatoms. The van der Waals surface area contributed by atoms with Crippen LogP contribution >= 0.6 is 0 Å². The van der Waals surface area contributed by atoms with Crippen molar-refractivity contribution < 1.29 is 18.9 Å². The summed E-state index contributed by atoms with van der Waals surface area (Å²) in [5, 5.41) is 14.6. The lowest BCUT2D eigenvalue weighted by Crippen LogP contribution is -2.33. The molecule has 8 nitrogen and oxygen atoms in total. The number of methoxy groups -OCH3 is 1. The molecule has 0 saturated carbocycles. The molecule has 27 heavy (non-hydrogen) atoms. The molecule has 2 aromatic carbocycles. The number of anilines is 1. The molecule has 0 aliphatic heterocycles. The summed E-state index contributed by atoms with van der Waals surface area (Å²) in [4.78, 5) is 35.0. The average molecular weight is 368 g/mol. The monoisotopic (exact) mass is 368 g/mol. The minimum Gasteiger partial charge on any atom is -0.467 e. The Kier molecular flexibility index (Phi) is 5.16. The van der Waals surface area contributed by atoms with Gasteiger partial charge in [0, 0.05) is 11.8 Å². The van der Waals surface area contributed by atoms with Crippen molar-refractivity contribution >= 4 is 28.3 Å². The molecule has 1 heterocycles. The van der Waals surface area contributed by atoms with E-state index in [9.17, 15) is 19.7 Å². The number of nitro groups is 1. The van der Waals surface area contributed by atoms with Gasteiger partial charge < -0.3 is 14.5 Å². The topological polar surface area (TPSA) is 112 Å². The Bertz CT molecular complexity index is 1040. The summed E-state index contributed by atoms with van der Waals surface area (Å²) in [5.41, 5.74) is -0.910. The van der Waals surface area contributed by atoms with Crippen LogP contribution in [0.2, 0.25) is 0 Å². The van der Waals surface area contributed by atoms with E-state index in [-0.39, 0.29) is 17.7 Å². The summed E-state index contributed by atoms with van der Waals surface area (Å²) in [5.74, 6) is -0.606. The van der Waals surface area contributed by atoms with E-state index in [4.69, 9.17) is 9.15 Å². The zero-order valence-electron chi connectivity index (χ0n) is 14.4. The highest BCUT2D eigenvalue weighted by atomic mass is 16.6. The maximum atomic E-state index is 12.3. The molecule has 1 N–H and O–H groups in total. The van der Waals surface area contributed by atoms with E-state index in [2.05, 4.69) is 5.32 Å². The van der Waals surface area contributed by atoms with Crippen molar-refractivity contribution in [3.8, 4) is 0 Å². The van der Waals surface area contributed by atoms with Gasteiger partial charge in [0.05, 0.1) is 12.0 Å². The third-order valence-corrected chi connectivity index (χ3v) is 4.06. The minimum absolute atomic E-state index is 0.0711. The quantitative estimate of drug-likeness (QED) is 0.308. The molecule has 1 aromatic heterocycles. The van der Waals surface area contributed by atoms with Gasteiger partial charge in [-0.25, -0.2) is 9.59 Å². The van der Waals surface area contributed by atoms with Crippen LogP contribution in [0.4, 0.5) is 11.4 Å². The Labute approximate surface area is 153 Å². The van der Waals surface area contributed by atoms with Crippen LogP contribution in [0.3, 0.4) is 0 Å². The van der Waals surface area contributed by atoms with Crippen LogP contribution in [-0.4, -0.2) is 24.0 Å². The standard InChI is InChI=1S/C19H16N2O6/c1-26-18(22)14(11-12-7-3-2-4-8-12)20-16-13-9-5-6-10-15(13)27-19(23)17(16)21(24)25/h2-10,14,20H,11H2,1H3. The molecule has 0 bridgehead atoms. The molecule has 3 aromatic rings. The zero-order chi connectivity index (χ0) is 19.4. The number of fused-ring (bicyclic) bond motifs is 1. The van der Waals surface area contributed by atoms with E-state index in [1.165, 1.54) is 13.2 Å². The summed E-state index contributed by atoms with van der Waals surface area (Å²) in [7, 11) is 1.23. The predicted octanol–water partition coefficient (Wildman–Crippen LogP) is 2.90. The highest BCUT2D eigenvalue weighted by molar-refractivity contribution is 5.96. The summed E-state index contributed by atoms with van der Waals surface area (Å²) < 4.78 is 9.85. The lowest BCUT2D eigenvalue weighted by Gasteiger charge is -2.18. The fraction of sp³-hybridized carbons (Fsp3) is 0.158. The van der Waals surface area contributed by atoms with Gasteiger partial charge in [-0.05, 0) is 17.7 Å². The largest absolute Gasteiger partial charge is 0.467 e. The smallest absolute Gasteiger partial charge is 0.417 e. The number of hydrogen-bond donors (Lipinski definition) is 1. The SMILES string of the molecule is COC(=O)C(Cc1ccccc1)Nc1c([N+](=O)[O-])c(=O)oc2ccccc12. The molecule has 0 aliphatic carbocycles. The lowest BCUT2D eigenvalue weighted by atomic mass is 10.0. The fourth-order valence-electron chi connectivity index (χ4n) is 2.81. The maximum Gasteiger partial charge on any atom is 0.417 e. The lowest BCUT2D eigenvalue weighted by molar-refractivity contribution is -0.386. The number of nitrogens with zero attached hydrogens (tertiary/aromatic N) is 1. The Hall–Kier alpha value is -3.68. The molecule has 0 amide bonds. The number of ether oxygens (including phenoxy) is 1. The summed E-state index contributed by atoms with van der Waals surface area (Å²) >= 11 is 0. The second kappa shape index (κ2) is 7.69. The van der Waals surface area contributed by atoms with Gasteiger partial charge in [0.2, 0.25) is 0 Å². The number of para-hydroxylation sites is 1. The van der Waals surface area contributed by atoms with Crippen molar-refractivity contribution in [3.05, 3.63) is 80.7 Å². The van der Waals surface area contributed by atoms with Crippen LogP contribution in [0.1, 0.15) is 5.56 Å². The van der Waals surface area contributed by atoms with Crippen LogP contribution < -0.4 is 10.9 Å². The number of carbonyl (C=O) groups excluding carboxylic acids is 1. The molecule has 3 rings (SSSR count). The number of nitrogens with one attached hydrogen (secondary N) is 1. The molecule has 0 saturated heterocycles. The first kappa shape index (κ1) is 18.1. The fourth-order valence-corrected chi connectivity index (χ4v) is 2.81. The van der Waals surface area contributed by atoms with E-state index in [1.54, 1.807) is 18.2 Å². The van der Waals surface area contributed by atoms with Crippen molar-refractivity contribution in [2.45, 2.75) is 12.5 Å². The molecular weight excluding hydrogens is 352 g/mol. The minimum atomic E-state index is -1.09. The van der Waals surface area contributed by atoms with Crippen LogP contribution in [0, 0.1) is 10.1 Å². The van der Waals surface area contributed by atoms with Crippen molar-refractivity contribution in [1.82, 2.24) is 0 Å². The van der Waals surface area contributed by atoms with Gasteiger partial charge in [-0.15, -0.1) is 0 Å². The molecule has 0 radical (unpaired) electrons. The van der Waals surface area contributed by atoms with E-state index < -0.39 is 28.2 Å². The molecule has 0 spiro atoms. The van der Waals surface area contributed by atoms with Gasteiger partial charge >= 0.3 is 17.3 Å². The first-order valence-corrected chi connectivity index (χ1v) is 8.09. The van der Waals surface area contributed by atoms with Crippen molar-refractivity contribution in [2.75, 3.05) is 12.4 Å². The van der Waals surface area contributed by atoms with Crippen LogP contribution in [-0.2, 0) is 16.0 Å². The molecule has 0 fully saturated rings. The van der Waals surface area contributed by atoms with E-state index >= 15 is 0 Å². The predicted molar refractivity (Wildman–Crippen MR) is 98.7 cm³/mol. The van der Waals surface area contributed by atoms with E-state index in [0.717, 1.165) is 5.56 Å². The highest BCUT2D eigenvalue weighted by Crippen LogP contribution is 2.31. The molecule has 138 valence electrons. The van der Waals surface area contributed by atoms with Gasteiger partial charge in [0.15, 0.2) is 0 Å². The molecule has 0 aliphatic rings. The van der Waals surface area contributed by atoms with Crippen molar-refractivity contribution in [1.29, 1.82) is 0 Å². The van der Waals surface area contributed by atoms with Gasteiger partial charge in [-0.3, -0.25) is 10.1 Å². The Morgan fingerprint density at radius 2 is 1.85 bits per heavy atom. The van der Waals surface area contributed by atoms with Gasteiger partial charge in [-0.1, -0.05) is 42.5 Å². The zero-order valence-corrected chi connectivity index (χ0v) is 14.4. The first-order chi connectivity index (χ1) is 13.0. The number of carbonyl (C=O) groups is 1. The summed E-state index contributed by atoms with van der Waals surface area (Å²) in [6.07, 6.45) is 0.221. The number of benzene rings is 2. The van der Waals surface area contributed by atoms with Crippen molar-refractivity contribution in [3.63, 3.8) is 0 Å². The van der Waals surface area contributed by atoms with Crippen LogP contribution in [0.5, 0.6) is 0 Å². The van der Waals surface area contributed by atoms with Crippen molar-refractivity contribution in [2.24, 2.45) is 0 Å². The van der Waals surface area contributed by atoms with E-state index in [0.29, 0.717) is 5.39 Å². The number of hydrogen-bond acceptors (Lipinski definition) is 7. The number of rotatable bonds is 6. The number of esters is 1. The van der Waals surface area contributed by atoms with Crippen LogP contribution in [0.25, 0.3) is 11.0 Å². The molecular formula is C19H16N2O6. The van der Waals surface area contributed by atoms with E-state index in [1.807, 2.05) is 30.3 Å². The second-order valence-electron chi connectivity index (χ2n) is 5.78. The van der Waals surface area contributed by atoms with Gasteiger partial charge in [-0.2, -0.15) is 0 Å². The van der Waals surface area contributed by atoms with Gasteiger partial charge in [0.25, 0.3) is 0 Å².